The van der Waals surface area contributed by atoms with Crippen LogP contribution in [0.5, 0.6) is 0 Å². The first kappa shape index (κ1) is 13.8. The molecule has 3 nitrogen and oxygen atoms in total. The van der Waals surface area contributed by atoms with Crippen LogP contribution in [0.4, 0.5) is 0 Å². The standard InChI is InChI=1S/C15H18N2OS/c1-15(2,14(16)18)17-10-12-8-9-13(19-12)11-6-4-3-5-7-11/h3-9,17H,10H2,1-2H3,(H2,16,18). The highest BCUT2D eigenvalue weighted by molar-refractivity contribution is 7.15. The van der Waals surface area contributed by atoms with Crippen molar-refractivity contribution >= 4 is 17.2 Å². The van der Waals surface area contributed by atoms with E-state index in [-0.39, 0.29) is 5.91 Å². The van der Waals surface area contributed by atoms with E-state index in [1.807, 2.05) is 18.2 Å². The number of nitrogens with two attached hydrogens (primary N) is 1. The number of hydrogen-bond donors (Lipinski definition) is 2. The summed E-state index contributed by atoms with van der Waals surface area (Å²) >= 11 is 1.72. The lowest BCUT2D eigenvalue weighted by molar-refractivity contribution is -0.123. The number of primary amides is 1. The maximum absolute atomic E-state index is 11.2. The van der Waals surface area contributed by atoms with Crippen molar-refractivity contribution in [1.82, 2.24) is 5.32 Å². The first-order valence-electron chi connectivity index (χ1n) is 6.18. The van der Waals surface area contributed by atoms with Crippen LogP contribution in [-0.2, 0) is 11.3 Å². The lowest BCUT2D eigenvalue weighted by atomic mass is 10.1. The van der Waals surface area contributed by atoms with E-state index in [0.29, 0.717) is 6.54 Å². The lowest BCUT2D eigenvalue weighted by Gasteiger charge is -2.21. The van der Waals surface area contributed by atoms with E-state index in [4.69, 9.17) is 5.73 Å². The van der Waals surface area contributed by atoms with E-state index >= 15 is 0 Å². The molecule has 100 valence electrons. The van der Waals surface area contributed by atoms with Gasteiger partial charge in [-0.3, -0.25) is 10.1 Å². The monoisotopic (exact) mass is 274 g/mol. The molecule has 0 aliphatic carbocycles. The van der Waals surface area contributed by atoms with Crippen molar-refractivity contribution in [2.24, 2.45) is 5.73 Å². The lowest BCUT2D eigenvalue weighted by Crippen LogP contribution is -2.50. The summed E-state index contributed by atoms with van der Waals surface area (Å²) in [5, 5.41) is 3.18. The Hall–Kier alpha value is -1.65. The van der Waals surface area contributed by atoms with Gasteiger partial charge in [0.25, 0.3) is 0 Å². The Morgan fingerprint density at radius 3 is 2.53 bits per heavy atom. The van der Waals surface area contributed by atoms with Crippen molar-refractivity contribution in [1.29, 1.82) is 0 Å². The maximum Gasteiger partial charge on any atom is 0.237 e. The van der Waals surface area contributed by atoms with Gasteiger partial charge in [0.15, 0.2) is 0 Å². The van der Waals surface area contributed by atoms with Gasteiger partial charge in [0, 0.05) is 16.3 Å². The van der Waals surface area contributed by atoms with Gasteiger partial charge < -0.3 is 5.73 Å². The molecule has 0 unspecified atom stereocenters. The van der Waals surface area contributed by atoms with Gasteiger partial charge in [-0.15, -0.1) is 11.3 Å². The molecule has 1 aromatic heterocycles. The highest BCUT2D eigenvalue weighted by Crippen LogP contribution is 2.27. The van der Waals surface area contributed by atoms with Gasteiger partial charge in [-0.05, 0) is 31.5 Å². The molecule has 0 atom stereocenters. The molecule has 3 N–H and O–H groups in total. The van der Waals surface area contributed by atoms with Gasteiger partial charge in [0.2, 0.25) is 5.91 Å². The third-order valence-electron chi connectivity index (χ3n) is 3.04. The second-order valence-corrected chi connectivity index (χ2v) is 6.14. The van der Waals surface area contributed by atoms with Crippen molar-refractivity contribution in [3.8, 4) is 10.4 Å². The molecule has 0 fully saturated rings. The van der Waals surface area contributed by atoms with Crippen molar-refractivity contribution < 1.29 is 4.79 Å². The molecule has 0 saturated heterocycles. The summed E-state index contributed by atoms with van der Waals surface area (Å²) in [5.74, 6) is -0.340. The number of amides is 1. The molecule has 19 heavy (non-hydrogen) atoms. The minimum absolute atomic E-state index is 0.340. The second kappa shape index (κ2) is 5.55. The second-order valence-electron chi connectivity index (χ2n) is 4.97. The number of carbonyl (C=O) groups excluding carboxylic acids is 1. The smallest absolute Gasteiger partial charge is 0.237 e. The van der Waals surface area contributed by atoms with Crippen LogP contribution in [0.1, 0.15) is 18.7 Å². The minimum Gasteiger partial charge on any atom is -0.368 e. The molecule has 1 amide bonds. The fraction of sp³-hybridized carbons (Fsp3) is 0.267. The normalized spacial score (nSPS) is 11.5. The van der Waals surface area contributed by atoms with Gasteiger partial charge in [-0.25, -0.2) is 0 Å². The van der Waals surface area contributed by atoms with Crippen LogP contribution in [0.3, 0.4) is 0 Å². The van der Waals surface area contributed by atoms with E-state index in [0.717, 1.165) is 0 Å². The molecule has 0 aliphatic rings. The highest BCUT2D eigenvalue weighted by atomic mass is 32.1. The molecule has 0 spiro atoms. The summed E-state index contributed by atoms with van der Waals surface area (Å²) in [5.41, 5.74) is 5.86. The number of nitrogens with one attached hydrogen (secondary N) is 1. The third kappa shape index (κ3) is 3.43. The van der Waals surface area contributed by atoms with Crippen molar-refractivity contribution in [2.75, 3.05) is 0 Å². The zero-order valence-electron chi connectivity index (χ0n) is 11.1. The number of benzene rings is 1. The molecular weight excluding hydrogens is 256 g/mol. The Morgan fingerprint density at radius 1 is 1.21 bits per heavy atom. The third-order valence-corrected chi connectivity index (χ3v) is 4.17. The SMILES string of the molecule is CC(C)(NCc1ccc(-c2ccccc2)s1)C(N)=O. The zero-order valence-corrected chi connectivity index (χ0v) is 12.0. The van der Waals surface area contributed by atoms with E-state index in [2.05, 4.69) is 29.6 Å². The Bertz CT molecular complexity index is 561. The summed E-state index contributed by atoms with van der Waals surface area (Å²) in [6.07, 6.45) is 0. The molecule has 1 heterocycles. The molecule has 2 rings (SSSR count). The fourth-order valence-corrected chi connectivity index (χ4v) is 2.58. The van der Waals surface area contributed by atoms with Crippen molar-refractivity contribution in [2.45, 2.75) is 25.9 Å². The molecule has 2 aromatic rings. The number of rotatable bonds is 5. The van der Waals surface area contributed by atoms with Crippen LogP contribution < -0.4 is 11.1 Å². The summed E-state index contributed by atoms with van der Waals surface area (Å²) < 4.78 is 0. The molecule has 0 bridgehead atoms. The van der Waals surface area contributed by atoms with Gasteiger partial charge in [0.1, 0.15) is 0 Å². The fourth-order valence-electron chi connectivity index (χ4n) is 1.63. The van der Waals surface area contributed by atoms with Gasteiger partial charge in [-0.2, -0.15) is 0 Å². The first-order valence-corrected chi connectivity index (χ1v) is 7.00. The Kier molecular flexibility index (Phi) is 4.02. The van der Waals surface area contributed by atoms with Crippen molar-refractivity contribution in [3.05, 3.63) is 47.3 Å². The van der Waals surface area contributed by atoms with E-state index in [1.165, 1.54) is 15.3 Å². The average molecular weight is 274 g/mol. The van der Waals surface area contributed by atoms with Gasteiger partial charge >= 0.3 is 0 Å². The Balaban J connectivity index is 2.05. The Morgan fingerprint density at radius 2 is 1.89 bits per heavy atom. The summed E-state index contributed by atoms with van der Waals surface area (Å²) in [4.78, 5) is 13.7. The minimum atomic E-state index is -0.684. The number of thiophene rings is 1. The highest BCUT2D eigenvalue weighted by Gasteiger charge is 2.23. The van der Waals surface area contributed by atoms with E-state index in [9.17, 15) is 4.79 Å². The number of carbonyl (C=O) groups is 1. The van der Waals surface area contributed by atoms with Crippen LogP contribution in [0.2, 0.25) is 0 Å². The van der Waals surface area contributed by atoms with Gasteiger partial charge in [0.05, 0.1) is 5.54 Å². The number of hydrogen-bond acceptors (Lipinski definition) is 3. The quantitative estimate of drug-likeness (QED) is 0.881. The Labute approximate surface area is 117 Å². The molecule has 0 aliphatic heterocycles. The average Bonchev–Trinajstić information content (AvgIpc) is 2.86. The summed E-state index contributed by atoms with van der Waals surface area (Å²) in [6, 6.07) is 14.4. The molecule has 4 heteroatoms. The van der Waals surface area contributed by atoms with Crippen LogP contribution >= 0.6 is 11.3 Å². The van der Waals surface area contributed by atoms with Crippen LogP contribution in [0, 0.1) is 0 Å². The maximum atomic E-state index is 11.2. The van der Waals surface area contributed by atoms with Gasteiger partial charge in [-0.1, -0.05) is 30.3 Å². The van der Waals surface area contributed by atoms with E-state index in [1.54, 1.807) is 25.2 Å². The van der Waals surface area contributed by atoms with Crippen molar-refractivity contribution in [3.63, 3.8) is 0 Å². The predicted molar refractivity (Wildman–Crippen MR) is 79.9 cm³/mol. The molecule has 1 aromatic carbocycles. The van der Waals surface area contributed by atoms with Crippen LogP contribution in [-0.4, -0.2) is 11.4 Å². The van der Waals surface area contributed by atoms with E-state index < -0.39 is 5.54 Å². The topological polar surface area (TPSA) is 55.1 Å². The molecule has 0 radical (unpaired) electrons. The zero-order chi connectivity index (χ0) is 13.9. The van der Waals surface area contributed by atoms with Crippen LogP contribution in [0.15, 0.2) is 42.5 Å². The largest absolute Gasteiger partial charge is 0.368 e. The molecule has 0 saturated carbocycles. The molecular formula is C15H18N2OS. The first-order chi connectivity index (χ1) is 8.99. The predicted octanol–water partition coefficient (Wildman–Crippen LogP) is 2.77. The summed E-state index contributed by atoms with van der Waals surface area (Å²) in [7, 11) is 0. The van der Waals surface area contributed by atoms with Crippen LogP contribution in [0.25, 0.3) is 10.4 Å². The summed E-state index contributed by atoms with van der Waals surface area (Å²) in [6.45, 7) is 4.23.